The molecule has 0 aliphatic carbocycles. The fourth-order valence-corrected chi connectivity index (χ4v) is 3.60. The highest BCUT2D eigenvalue weighted by molar-refractivity contribution is 5.89. The van der Waals surface area contributed by atoms with Gasteiger partial charge in [-0.15, -0.1) is 0 Å². The van der Waals surface area contributed by atoms with Gasteiger partial charge in [0, 0.05) is 32.1 Å². The van der Waals surface area contributed by atoms with E-state index >= 15 is 0 Å². The summed E-state index contributed by atoms with van der Waals surface area (Å²) in [7, 11) is 1.56. The van der Waals surface area contributed by atoms with Crippen LogP contribution in [0.1, 0.15) is 23.1 Å². The smallest absolute Gasteiger partial charge is 0.246 e. The van der Waals surface area contributed by atoms with Crippen LogP contribution in [0.2, 0.25) is 0 Å². The first-order valence-electron chi connectivity index (χ1n) is 9.17. The molecule has 0 bridgehead atoms. The average Bonchev–Trinajstić information content (AvgIpc) is 3.06. The van der Waals surface area contributed by atoms with Gasteiger partial charge in [0.2, 0.25) is 11.8 Å². The molecule has 0 aromatic heterocycles. The number of carbonyl (C=O) groups is 2. The molecule has 6 nitrogen and oxygen atoms in total. The Labute approximate surface area is 159 Å². The van der Waals surface area contributed by atoms with Crippen LogP contribution in [0.15, 0.2) is 60.7 Å². The first kappa shape index (κ1) is 19.1. The molecule has 2 aromatic carbocycles. The highest BCUT2D eigenvalue weighted by Crippen LogP contribution is 2.26. The predicted molar refractivity (Wildman–Crippen MR) is 105 cm³/mol. The Hall–Kier alpha value is -2.70. The summed E-state index contributed by atoms with van der Waals surface area (Å²) >= 11 is 0. The van der Waals surface area contributed by atoms with Gasteiger partial charge in [-0.2, -0.15) is 0 Å². The molecule has 2 amide bonds. The Balaban J connectivity index is 1.62. The van der Waals surface area contributed by atoms with Crippen molar-refractivity contribution in [2.45, 2.75) is 18.0 Å². The van der Waals surface area contributed by atoms with E-state index in [2.05, 4.69) is 22.8 Å². The van der Waals surface area contributed by atoms with Crippen molar-refractivity contribution in [1.82, 2.24) is 15.5 Å². The molecule has 3 rings (SSSR count). The quantitative estimate of drug-likeness (QED) is 0.712. The molecule has 4 N–H and O–H groups in total. The summed E-state index contributed by atoms with van der Waals surface area (Å²) in [5, 5.41) is 5.46. The normalized spacial score (nSPS) is 20.8. The Morgan fingerprint density at radius 2 is 1.70 bits per heavy atom. The summed E-state index contributed by atoms with van der Waals surface area (Å²) in [6.07, 6.45) is 0. The van der Waals surface area contributed by atoms with E-state index in [9.17, 15) is 9.59 Å². The Morgan fingerprint density at radius 3 is 2.33 bits per heavy atom. The van der Waals surface area contributed by atoms with Crippen LogP contribution >= 0.6 is 0 Å². The van der Waals surface area contributed by atoms with E-state index in [0.717, 1.165) is 12.1 Å². The van der Waals surface area contributed by atoms with E-state index in [1.807, 2.05) is 53.4 Å². The molecule has 142 valence electrons. The monoisotopic (exact) mass is 366 g/mol. The largest absolute Gasteiger partial charge is 0.357 e. The van der Waals surface area contributed by atoms with Crippen molar-refractivity contribution in [3.63, 3.8) is 0 Å². The number of rotatable bonds is 6. The molecule has 1 aliphatic heterocycles. The summed E-state index contributed by atoms with van der Waals surface area (Å²) < 4.78 is 0. The number of benzene rings is 2. The number of nitrogens with one attached hydrogen (secondary N) is 2. The van der Waals surface area contributed by atoms with Crippen molar-refractivity contribution < 1.29 is 9.59 Å². The fraction of sp³-hybridized carbons (Fsp3) is 0.333. The second-order valence-corrected chi connectivity index (χ2v) is 6.90. The molecule has 0 radical (unpaired) electrons. The zero-order valence-corrected chi connectivity index (χ0v) is 15.5. The predicted octanol–water partition coefficient (Wildman–Crippen LogP) is 1.02. The SMILES string of the molecule is CNC(=O)C(NC(=O)CN1C[C@@H](N)[C@H](c2ccccc2)C1)c1ccccc1. The molecule has 27 heavy (non-hydrogen) atoms. The summed E-state index contributed by atoms with van der Waals surface area (Å²) in [5.74, 6) is -0.217. The van der Waals surface area contributed by atoms with Gasteiger partial charge in [-0.3, -0.25) is 14.5 Å². The van der Waals surface area contributed by atoms with Crippen LogP contribution in [0.3, 0.4) is 0 Å². The molecule has 2 aromatic rings. The highest BCUT2D eigenvalue weighted by atomic mass is 16.2. The molecule has 3 atom stereocenters. The summed E-state index contributed by atoms with van der Waals surface area (Å²) in [6.45, 7) is 1.61. The second kappa shape index (κ2) is 8.79. The maximum Gasteiger partial charge on any atom is 0.246 e. The number of amides is 2. The van der Waals surface area contributed by atoms with Crippen LogP contribution in [0, 0.1) is 0 Å². The van der Waals surface area contributed by atoms with Gasteiger partial charge in [-0.05, 0) is 11.1 Å². The molecule has 1 fully saturated rings. The molecule has 6 heteroatoms. The van der Waals surface area contributed by atoms with Gasteiger partial charge in [0.15, 0.2) is 0 Å². The van der Waals surface area contributed by atoms with Crippen molar-refractivity contribution in [2.24, 2.45) is 5.73 Å². The number of nitrogens with zero attached hydrogens (tertiary/aromatic N) is 1. The van der Waals surface area contributed by atoms with Crippen molar-refractivity contribution in [2.75, 3.05) is 26.7 Å². The highest BCUT2D eigenvalue weighted by Gasteiger charge is 2.32. The molecule has 0 spiro atoms. The van der Waals surface area contributed by atoms with Gasteiger partial charge in [-0.25, -0.2) is 0 Å². The van der Waals surface area contributed by atoms with Gasteiger partial charge in [0.05, 0.1) is 6.54 Å². The lowest BCUT2D eigenvalue weighted by molar-refractivity contribution is -0.129. The number of hydrogen-bond donors (Lipinski definition) is 3. The van der Waals surface area contributed by atoms with Gasteiger partial charge in [0.25, 0.3) is 0 Å². The van der Waals surface area contributed by atoms with Gasteiger partial charge in [0.1, 0.15) is 6.04 Å². The molecular formula is C21H26N4O2. The third-order valence-corrected chi connectivity index (χ3v) is 4.98. The second-order valence-electron chi connectivity index (χ2n) is 6.90. The van der Waals surface area contributed by atoms with Gasteiger partial charge >= 0.3 is 0 Å². The maximum atomic E-state index is 12.6. The average molecular weight is 366 g/mol. The van der Waals surface area contributed by atoms with Crippen LogP contribution < -0.4 is 16.4 Å². The van der Waals surface area contributed by atoms with Gasteiger partial charge < -0.3 is 16.4 Å². The minimum Gasteiger partial charge on any atom is -0.357 e. The van der Waals surface area contributed by atoms with Crippen LogP contribution in [-0.4, -0.2) is 49.4 Å². The Kier molecular flexibility index (Phi) is 6.21. The molecular weight excluding hydrogens is 340 g/mol. The van der Waals surface area contributed by atoms with Crippen LogP contribution in [0.4, 0.5) is 0 Å². The third-order valence-electron chi connectivity index (χ3n) is 4.98. The third kappa shape index (κ3) is 4.72. The summed E-state index contributed by atoms with van der Waals surface area (Å²) in [4.78, 5) is 26.8. The lowest BCUT2D eigenvalue weighted by atomic mass is 9.95. The van der Waals surface area contributed by atoms with Crippen molar-refractivity contribution >= 4 is 11.8 Å². The van der Waals surface area contributed by atoms with Crippen molar-refractivity contribution in [3.8, 4) is 0 Å². The van der Waals surface area contributed by atoms with E-state index in [1.165, 1.54) is 5.56 Å². The van der Waals surface area contributed by atoms with E-state index in [1.54, 1.807) is 7.05 Å². The standard InChI is InChI=1S/C21H26N4O2/c1-23-21(27)20(16-10-6-3-7-11-16)24-19(26)14-25-12-17(18(22)13-25)15-8-4-2-5-9-15/h2-11,17-18,20H,12-14,22H2,1H3,(H,23,27)(H,24,26)/t17-,18+,20?/m0/s1. The number of carbonyl (C=O) groups excluding carboxylic acids is 2. The topological polar surface area (TPSA) is 87.5 Å². The van der Waals surface area contributed by atoms with E-state index in [4.69, 9.17) is 5.73 Å². The minimum atomic E-state index is -0.704. The van der Waals surface area contributed by atoms with Crippen molar-refractivity contribution in [3.05, 3.63) is 71.8 Å². The first-order valence-corrected chi connectivity index (χ1v) is 9.17. The molecule has 0 saturated carbocycles. The minimum absolute atomic E-state index is 0.0101. The number of likely N-dealkylation sites (N-methyl/N-ethyl adjacent to an activating group) is 1. The van der Waals surface area contributed by atoms with E-state index in [0.29, 0.717) is 6.54 Å². The molecule has 1 heterocycles. The van der Waals surface area contributed by atoms with Crippen LogP contribution in [-0.2, 0) is 9.59 Å². The lowest BCUT2D eigenvalue weighted by Gasteiger charge is -2.20. The fourth-order valence-electron chi connectivity index (χ4n) is 3.60. The summed E-state index contributed by atoms with van der Waals surface area (Å²) in [5.41, 5.74) is 8.25. The zero-order valence-electron chi connectivity index (χ0n) is 15.5. The molecule has 1 aliphatic rings. The first-order chi connectivity index (χ1) is 13.1. The van der Waals surface area contributed by atoms with Crippen LogP contribution in [0.5, 0.6) is 0 Å². The molecule has 1 saturated heterocycles. The van der Waals surface area contributed by atoms with Crippen molar-refractivity contribution in [1.29, 1.82) is 0 Å². The lowest BCUT2D eigenvalue weighted by Crippen LogP contribution is -2.43. The number of likely N-dealkylation sites (tertiary alicyclic amines) is 1. The van der Waals surface area contributed by atoms with E-state index < -0.39 is 6.04 Å². The zero-order chi connectivity index (χ0) is 19.2. The Morgan fingerprint density at radius 1 is 1.07 bits per heavy atom. The molecule has 1 unspecified atom stereocenters. The van der Waals surface area contributed by atoms with Crippen LogP contribution in [0.25, 0.3) is 0 Å². The maximum absolute atomic E-state index is 12.6. The van der Waals surface area contributed by atoms with Gasteiger partial charge in [-0.1, -0.05) is 60.7 Å². The Bertz CT molecular complexity index is 766. The number of hydrogen-bond acceptors (Lipinski definition) is 4. The summed E-state index contributed by atoms with van der Waals surface area (Å²) in [6, 6.07) is 18.7. The van der Waals surface area contributed by atoms with E-state index in [-0.39, 0.29) is 30.3 Å². The number of nitrogens with two attached hydrogens (primary N) is 1.